The second kappa shape index (κ2) is 5.59. The minimum absolute atomic E-state index is 0.0270. The second-order valence-corrected chi connectivity index (χ2v) is 9.23. The Morgan fingerprint density at radius 3 is 2.19 bits per heavy atom. The monoisotopic (exact) mass is 344 g/mol. The SMILES string of the molecule is Cc1nc(Cl)sc1S(=O)(=O)Nc1ccc(C(C)(C)C)cc1. The van der Waals surface area contributed by atoms with E-state index >= 15 is 0 Å². The molecule has 4 nitrogen and oxygen atoms in total. The Morgan fingerprint density at radius 2 is 1.76 bits per heavy atom. The first-order valence-electron chi connectivity index (χ1n) is 6.36. The van der Waals surface area contributed by atoms with Crippen LogP contribution in [0.15, 0.2) is 28.5 Å². The number of aromatic nitrogens is 1. The zero-order chi connectivity index (χ0) is 15.8. The summed E-state index contributed by atoms with van der Waals surface area (Å²) in [5.74, 6) is 0. The molecule has 0 saturated heterocycles. The molecule has 1 aromatic carbocycles. The number of nitrogens with zero attached hydrogens (tertiary/aromatic N) is 1. The summed E-state index contributed by atoms with van der Waals surface area (Å²) in [5, 5.41) is 0. The van der Waals surface area contributed by atoms with Crippen LogP contribution in [-0.4, -0.2) is 13.4 Å². The highest BCUT2D eigenvalue weighted by molar-refractivity contribution is 7.94. The normalized spacial score (nSPS) is 12.4. The highest BCUT2D eigenvalue weighted by Crippen LogP contribution is 2.29. The molecule has 0 aliphatic heterocycles. The van der Waals surface area contributed by atoms with Crippen molar-refractivity contribution in [1.29, 1.82) is 0 Å². The Bertz CT molecular complexity index is 744. The van der Waals surface area contributed by atoms with Gasteiger partial charge in [-0.25, -0.2) is 13.4 Å². The van der Waals surface area contributed by atoms with Crippen LogP contribution in [0.5, 0.6) is 0 Å². The Labute approximate surface area is 134 Å². The van der Waals surface area contributed by atoms with E-state index in [4.69, 9.17) is 11.6 Å². The van der Waals surface area contributed by atoms with Gasteiger partial charge in [0, 0.05) is 5.69 Å². The maximum atomic E-state index is 12.3. The van der Waals surface area contributed by atoms with E-state index in [1.54, 1.807) is 19.1 Å². The average Bonchev–Trinajstić information content (AvgIpc) is 2.68. The maximum absolute atomic E-state index is 12.3. The first-order chi connectivity index (χ1) is 9.59. The largest absolute Gasteiger partial charge is 0.279 e. The number of rotatable bonds is 3. The van der Waals surface area contributed by atoms with Crippen LogP contribution in [0.4, 0.5) is 5.69 Å². The first-order valence-corrected chi connectivity index (χ1v) is 9.04. The van der Waals surface area contributed by atoms with E-state index in [0.29, 0.717) is 11.4 Å². The summed E-state index contributed by atoms with van der Waals surface area (Å²) in [7, 11) is -3.65. The van der Waals surface area contributed by atoms with Gasteiger partial charge in [0.25, 0.3) is 10.0 Å². The average molecular weight is 345 g/mol. The summed E-state index contributed by atoms with van der Waals surface area (Å²) in [4.78, 5) is 3.93. The molecule has 1 aromatic heterocycles. The fourth-order valence-electron chi connectivity index (χ4n) is 1.84. The van der Waals surface area contributed by atoms with E-state index < -0.39 is 10.0 Å². The van der Waals surface area contributed by atoms with E-state index in [9.17, 15) is 8.42 Å². The van der Waals surface area contributed by atoms with E-state index in [1.165, 1.54) is 0 Å². The van der Waals surface area contributed by atoms with Gasteiger partial charge >= 0.3 is 0 Å². The summed E-state index contributed by atoms with van der Waals surface area (Å²) in [6.45, 7) is 7.94. The fraction of sp³-hybridized carbons (Fsp3) is 0.357. The number of halogens is 1. The minimum Gasteiger partial charge on any atom is -0.279 e. The smallest absolute Gasteiger partial charge is 0.273 e. The number of anilines is 1. The summed E-state index contributed by atoms with van der Waals surface area (Å²) in [5.41, 5.74) is 2.09. The molecule has 21 heavy (non-hydrogen) atoms. The molecule has 0 bridgehead atoms. The molecule has 0 amide bonds. The molecule has 114 valence electrons. The van der Waals surface area contributed by atoms with Gasteiger partial charge in [-0.1, -0.05) is 55.8 Å². The second-order valence-electron chi connectivity index (χ2n) is 5.77. The first kappa shape index (κ1) is 16.3. The van der Waals surface area contributed by atoms with Crippen molar-refractivity contribution >= 4 is 38.6 Å². The van der Waals surface area contributed by atoms with Crippen LogP contribution in [0.3, 0.4) is 0 Å². The number of thiazole rings is 1. The van der Waals surface area contributed by atoms with Gasteiger partial charge in [0.2, 0.25) is 0 Å². The van der Waals surface area contributed by atoms with Crippen LogP contribution in [0.2, 0.25) is 4.47 Å². The van der Waals surface area contributed by atoms with Crippen molar-refractivity contribution in [3.05, 3.63) is 40.0 Å². The Morgan fingerprint density at radius 1 is 1.19 bits per heavy atom. The van der Waals surface area contributed by atoms with Crippen molar-refractivity contribution < 1.29 is 8.42 Å². The zero-order valence-electron chi connectivity index (χ0n) is 12.3. The molecular weight excluding hydrogens is 328 g/mol. The molecule has 2 rings (SSSR count). The molecule has 1 heterocycles. The third kappa shape index (κ3) is 3.75. The lowest BCUT2D eigenvalue weighted by atomic mass is 9.87. The molecule has 0 fully saturated rings. The van der Waals surface area contributed by atoms with Gasteiger partial charge in [-0.05, 0) is 30.0 Å². The van der Waals surface area contributed by atoms with Crippen LogP contribution < -0.4 is 4.72 Å². The lowest BCUT2D eigenvalue weighted by molar-refractivity contribution is 0.590. The molecule has 0 unspecified atom stereocenters. The summed E-state index contributed by atoms with van der Waals surface area (Å²) >= 11 is 6.71. The van der Waals surface area contributed by atoms with Gasteiger partial charge in [-0.3, -0.25) is 4.72 Å². The third-order valence-electron chi connectivity index (χ3n) is 2.98. The van der Waals surface area contributed by atoms with Gasteiger partial charge in [0.1, 0.15) is 0 Å². The van der Waals surface area contributed by atoms with Crippen molar-refractivity contribution in [2.45, 2.75) is 37.3 Å². The summed E-state index contributed by atoms with van der Waals surface area (Å²) < 4.78 is 27.6. The molecule has 0 aliphatic rings. The van der Waals surface area contributed by atoms with Gasteiger partial charge in [0.15, 0.2) is 8.68 Å². The molecule has 0 spiro atoms. The van der Waals surface area contributed by atoms with Crippen LogP contribution in [0.25, 0.3) is 0 Å². The van der Waals surface area contributed by atoms with Crippen molar-refractivity contribution in [1.82, 2.24) is 4.98 Å². The zero-order valence-corrected chi connectivity index (χ0v) is 14.7. The highest BCUT2D eigenvalue weighted by Gasteiger charge is 2.22. The van der Waals surface area contributed by atoms with Crippen LogP contribution >= 0.6 is 22.9 Å². The van der Waals surface area contributed by atoms with E-state index in [-0.39, 0.29) is 14.1 Å². The number of aryl methyl sites for hydroxylation is 1. The van der Waals surface area contributed by atoms with Gasteiger partial charge < -0.3 is 0 Å². The predicted molar refractivity (Wildman–Crippen MR) is 87.8 cm³/mol. The van der Waals surface area contributed by atoms with Crippen LogP contribution in [0, 0.1) is 6.92 Å². The van der Waals surface area contributed by atoms with Gasteiger partial charge in [-0.15, -0.1) is 0 Å². The Balaban J connectivity index is 2.27. The lowest BCUT2D eigenvalue weighted by Crippen LogP contribution is -2.14. The lowest BCUT2D eigenvalue weighted by Gasteiger charge is -2.19. The highest BCUT2D eigenvalue weighted by atomic mass is 35.5. The number of hydrogen-bond acceptors (Lipinski definition) is 4. The van der Waals surface area contributed by atoms with E-state index in [2.05, 4.69) is 30.5 Å². The van der Waals surface area contributed by atoms with Crippen LogP contribution in [0.1, 0.15) is 32.0 Å². The number of nitrogens with one attached hydrogen (secondary N) is 1. The number of sulfonamides is 1. The van der Waals surface area contributed by atoms with Crippen molar-refractivity contribution in [3.63, 3.8) is 0 Å². The van der Waals surface area contributed by atoms with Crippen LogP contribution in [-0.2, 0) is 15.4 Å². The number of hydrogen-bond donors (Lipinski definition) is 1. The quantitative estimate of drug-likeness (QED) is 0.907. The molecular formula is C14H17ClN2O2S2. The van der Waals surface area contributed by atoms with Gasteiger partial charge in [-0.2, -0.15) is 0 Å². The molecule has 0 saturated carbocycles. The Kier molecular flexibility index (Phi) is 4.33. The van der Waals surface area contributed by atoms with E-state index in [0.717, 1.165) is 16.9 Å². The molecule has 1 N–H and O–H groups in total. The van der Waals surface area contributed by atoms with Crippen molar-refractivity contribution in [2.24, 2.45) is 0 Å². The third-order valence-corrected chi connectivity index (χ3v) is 6.23. The fourth-order valence-corrected chi connectivity index (χ4v) is 4.64. The van der Waals surface area contributed by atoms with Crippen molar-refractivity contribution in [3.8, 4) is 0 Å². The van der Waals surface area contributed by atoms with Gasteiger partial charge in [0.05, 0.1) is 5.69 Å². The summed E-state index contributed by atoms with van der Waals surface area (Å²) in [6.07, 6.45) is 0. The molecule has 0 radical (unpaired) electrons. The minimum atomic E-state index is -3.65. The Hall–Kier alpha value is -1.11. The molecule has 0 atom stereocenters. The predicted octanol–water partition coefficient (Wildman–Crippen LogP) is 4.20. The molecule has 7 heteroatoms. The van der Waals surface area contributed by atoms with E-state index in [1.807, 2.05) is 12.1 Å². The standard InChI is InChI=1S/C14H17ClN2O2S2/c1-9-12(20-13(15)16-9)21(18,19)17-11-7-5-10(6-8-11)14(2,3)4/h5-8,17H,1-4H3. The molecule has 0 aliphatic carbocycles. The van der Waals surface area contributed by atoms with Crippen molar-refractivity contribution in [2.75, 3.05) is 4.72 Å². The number of benzene rings is 1. The maximum Gasteiger partial charge on any atom is 0.273 e. The molecule has 2 aromatic rings. The topological polar surface area (TPSA) is 59.1 Å². The summed E-state index contributed by atoms with van der Waals surface area (Å²) in [6, 6.07) is 7.36.